The second-order valence-corrected chi connectivity index (χ2v) is 13.2. The van der Waals surface area contributed by atoms with Crippen LogP contribution in [0.4, 0.5) is 0 Å². The van der Waals surface area contributed by atoms with Crippen molar-refractivity contribution in [3.05, 3.63) is 0 Å². The van der Waals surface area contributed by atoms with Gasteiger partial charge < -0.3 is 24.8 Å². The number of aliphatic hydroxyl groups is 3. The molecule has 0 spiro atoms. The predicted molar refractivity (Wildman–Crippen MR) is 139 cm³/mol. The Morgan fingerprint density at radius 2 is 1.78 bits per heavy atom. The summed E-state index contributed by atoms with van der Waals surface area (Å²) in [7, 11) is 0. The highest BCUT2D eigenvalue weighted by Gasteiger charge is 2.65. The number of carbonyl (C=O) groups is 1. The lowest BCUT2D eigenvalue weighted by Crippen LogP contribution is -2.62. The van der Waals surface area contributed by atoms with Crippen LogP contribution >= 0.6 is 0 Å². The Balaban J connectivity index is 1.36. The molecule has 0 aromatic rings. The number of carbonyl (C=O) groups excluding carboxylic acids is 1. The summed E-state index contributed by atoms with van der Waals surface area (Å²) in [6, 6.07) is 0. The zero-order valence-electron chi connectivity index (χ0n) is 23.2. The smallest absolute Gasteiger partial charge is 0.305 e. The van der Waals surface area contributed by atoms with E-state index in [2.05, 4.69) is 27.7 Å². The van der Waals surface area contributed by atoms with Gasteiger partial charge in [0.15, 0.2) is 0 Å². The number of esters is 1. The molecule has 0 aromatic carbocycles. The van der Waals surface area contributed by atoms with Crippen molar-refractivity contribution in [1.82, 2.24) is 0 Å². The van der Waals surface area contributed by atoms with Crippen molar-refractivity contribution in [2.45, 2.75) is 117 Å². The maximum Gasteiger partial charge on any atom is 0.305 e. The van der Waals surface area contributed by atoms with Crippen molar-refractivity contribution < 1.29 is 29.6 Å². The number of aliphatic hydroxyl groups excluding tert-OH is 3. The van der Waals surface area contributed by atoms with Gasteiger partial charge in [0.2, 0.25) is 0 Å². The highest BCUT2D eigenvalue weighted by Crippen LogP contribution is 2.68. The number of ether oxygens (including phenoxy) is 2. The summed E-state index contributed by atoms with van der Waals surface area (Å²) in [6.45, 7) is 10.5. The Hall–Kier alpha value is -0.690. The predicted octanol–water partition coefficient (Wildman–Crippen LogP) is 4.72. The standard InChI is InChI=1S/C30H52O6/c1-5-6-13-35-14-15-36-27(34)10-7-19(2)22-8-9-23-28-24(18-26(33)30(22,23)4)29(3)12-11-21(31)16-20(29)17-25(28)32/h19-26,28,31-33H,5-18H2,1-4H3/t19-,20+,21-,22-,23+,24+,25-,26+,28+,29+,30-/m1/s1. The molecule has 0 aliphatic heterocycles. The van der Waals surface area contributed by atoms with Crippen molar-refractivity contribution in [2.75, 3.05) is 19.8 Å². The number of hydrogen-bond acceptors (Lipinski definition) is 6. The van der Waals surface area contributed by atoms with E-state index in [0.29, 0.717) is 55.8 Å². The lowest BCUT2D eigenvalue weighted by molar-refractivity contribution is -0.207. The van der Waals surface area contributed by atoms with Crippen LogP contribution in [0.1, 0.15) is 98.3 Å². The van der Waals surface area contributed by atoms with Crippen LogP contribution in [0.3, 0.4) is 0 Å². The van der Waals surface area contributed by atoms with Gasteiger partial charge in [-0.05, 0) is 104 Å². The molecule has 11 atom stereocenters. The Bertz CT molecular complexity index is 743. The summed E-state index contributed by atoms with van der Waals surface area (Å²) in [6.07, 6.45) is 8.56. The maximum atomic E-state index is 12.3. The topological polar surface area (TPSA) is 96.2 Å². The zero-order chi connectivity index (χ0) is 26.1. The molecular formula is C30H52O6. The molecule has 208 valence electrons. The number of unbranched alkanes of at least 4 members (excludes halogenated alkanes) is 1. The highest BCUT2D eigenvalue weighted by atomic mass is 16.6. The fraction of sp³-hybridized carbons (Fsp3) is 0.967. The first-order valence-corrected chi connectivity index (χ1v) is 14.9. The summed E-state index contributed by atoms with van der Waals surface area (Å²) >= 11 is 0. The van der Waals surface area contributed by atoms with Gasteiger partial charge in [-0.1, -0.05) is 34.1 Å². The van der Waals surface area contributed by atoms with Gasteiger partial charge in [-0.3, -0.25) is 4.79 Å². The van der Waals surface area contributed by atoms with Crippen molar-refractivity contribution in [3.8, 4) is 0 Å². The lowest BCUT2D eigenvalue weighted by Gasteiger charge is -2.63. The van der Waals surface area contributed by atoms with E-state index >= 15 is 0 Å². The maximum absolute atomic E-state index is 12.3. The lowest BCUT2D eigenvalue weighted by atomic mass is 9.43. The zero-order valence-corrected chi connectivity index (χ0v) is 23.2. The Labute approximate surface area is 218 Å². The average molecular weight is 509 g/mol. The minimum Gasteiger partial charge on any atom is -0.463 e. The van der Waals surface area contributed by atoms with Crippen molar-refractivity contribution in [1.29, 1.82) is 0 Å². The molecule has 4 aliphatic rings. The summed E-state index contributed by atoms with van der Waals surface area (Å²) in [4.78, 5) is 12.3. The fourth-order valence-electron chi connectivity index (χ4n) is 9.31. The summed E-state index contributed by atoms with van der Waals surface area (Å²) in [5.41, 5.74) is -0.130. The molecule has 36 heavy (non-hydrogen) atoms. The second kappa shape index (κ2) is 11.6. The molecule has 4 fully saturated rings. The molecule has 3 N–H and O–H groups in total. The van der Waals surface area contributed by atoms with Gasteiger partial charge in [0.25, 0.3) is 0 Å². The van der Waals surface area contributed by atoms with Crippen molar-refractivity contribution in [2.24, 2.45) is 46.3 Å². The summed E-state index contributed by atoms with van der Waals surface area (Å²) in [5.74, 6) is 1.69. The Morgan fingerprint density at radius 3 is 2.53 bits per heavy atom. The number of rotatable bonds is 10. The van der Waals surface area contributed by atoms with E-state index in [0.717, 1.165) is 64.2 Å². The van der Waals surface area contributed by atoms with Crippen LogP contribution in [-0.4, -0.2) is 59.4 Å². The van der Waals surface area contributed by atoms with E-state index in [-0.39, 0.29) is 41.0 Å². The molecule has 0 radical (unpaired) electrons. The van der Waals surface area contributed by atoms with Gasteiger partial charge in [-0.15, -0.1) is 0 Å². The molecule has 6 nitrogen and oxygen atoms in total. The molecule has 0 saturated heterocycles. The molecular weight excluding hydrogens is 456 g/mol. The molecule has 6 heteroatoms. The van der Waals surface area contributed by atoms with Gasteiger partial charge in [0.05, 0.1) is 24.9 Å². The second-order valence-electron chi connectivity index (χ2n) is 13.2. The van der Waals surface area contributed by atoms with E-state index in [9.17, 15) is 20.1 Å². The largest absolute Gasteiger partial charge is 0.463 e. The Morgan fingerprint density at radius 1 is 1.00 bits per heavy atom. The third kappa shape index (κ3) is 5.26. The first-order chi connectivity index (χ1) is 17.1. The monoisotopic (exact) mass is 508 g/mol. The molecule has 4 aliphatic carbocycles. The molecule has 0 unspecified atom stereocenters. The highest BCUT2D eigenvalue weighted by molar-refractivity contribution is 5.69. The minimum atomic E-state index is -0.388. The van der Waals surface area contributed by atoms with Crippen LogP contribution in [0.25, 0.3) is 0 Å². The SMILES string of the molecule is CCCCOCCOC(=O)CC[C@@H](C)[C@H]1CC[C@H]2[C@@H]3[C@H](O)C[C@@H]4C[C@H](O)CC[C@]4(C)[C@H]3C[C@H](O)[C@]12C. The van der Waals surface area contributed by atoms with E-state index in [4.69, 9.17) is 9.47 Å². The van der Waals surface area contributed by atoms with Crippen LogP contribution in [0, 0.1) is 46.3 Å². The van der Waals surface area contributed by atoms with E-state index < -0.39 is 0 Å². The number of fused-ring (bicyclic) bond motifs is 5. The normalized spacial score (nSPS) is 44.9. The summed E-state index contributed by atoms with van der Waals surface area (Å²) < 4.78 is 10.9. The molecule has 0 amide bonds. The van der Waals surface area contributed by atoms with Crippen LogP contribution in [0.15, 0.2) is 0 Å². The molecule has 0 bridgehead atoms. The Kier molecular flexibility index (Phi) is 9.12. The van der Waals surface area contributed by atoms with Gasteiger partial charge in [0, 0.05) is 13.0 Å². The van der Waals surface area contributed by atoms with Gasteiger partial charge in [0.1, 0.15) is 6.61 Å². The summed E-state index contributed by atoms with van der Waals surface area (Å²) in [5, 5.41) is 33.4. The van der Waals surface area contributed by atoms with Crippen LogP contribution < -0.4 is 0 Å². The van der Waals surface area contributed by atoms with Crippen LogP contribution in [0.5, 0.6) is 0 Å². The molecule has 4 rings (SSSR count). The fourth-order valence-corrected chi connectivity index (χ4v) is 9.31. The third-order valence-electron chi connectivity index (χ3n) is 11.5. The van der Waals surface area contributed by atoms with Crippen LogP contribution in [0.2, 0.25) is 0 Å². The third-order valence-corrected chi connectivity index (χ3v) is 11.5. The van der Waals surface area contributed by atoms with E-state index in [1.165, 1.54) is 0 Å². The molecule has 0 heterocycles. The quantitative estimate of drug-likeness (QED) is 0.292. The molecule has 4 saturated carbocycles. The minimum absolute atomic E-state index is 0.0964. The first-order valence-electron chi connectivity index (χ1n) is 14.9. The van der Waals surface area contributed by atoms with Crippen molar-refractivity contribution in [3.63, 3.8) is 0 Å². The van der Waals surface area contributed by atoms with E-state index in [1.54, 1.807) is 0 Å². The molecule has 0 aromatic heterocycles. The first kappa shape index (κ1) is 28.3. The van der Waals surface area contributed by atoms with Gasteiger partial charge in [-0.2, -0.15) is 0 Å². The van der Waals surface area contributed by atoms with Gasteiger partial charge >= 0.3 is 5.97 Å². The number of hydrogen-bond donors (Lipinski definition) is 3. The average Bonchev–Trinajstić information content (AvgIpc) is 3.20. The van der Waals surface area contributed by atoms with Crippen LogP contribution in [-0.2, 0) is 14.3 Å². The van der Waals surface area contributed by atoms with Crippen molar-refractivity contribution >= 4 is 5.97 Å². The van der Waals surface area contributed by atoms with E-state index in [1.807, 2.05) is 0 Å². The van der Waals surface area contributed by atoms with Gasteiger partial charge in [-0.25, -0.2) is 0 Å².